The average molecular weight is 263 g/mol. The number of carboxylic acid groups (broad SMARTS) is 1. The summed E-state index contributed by atoms with van der Waals surface area (Å²) in [6.07, 6.45) is -1.27. The van der Waals surface area contributed by atoms with Crippen LogP contribution in [0, 0.1) is 6.92 Å². The number of carbonyl (C=O) groups is 2. The zero-order chi connectivity index (χ0) is 14.2. The van der Waals surface area contributed by atoms with Crippen molar-refractivity contribution in [3.8, 4) is 5.75 Å². The Balaban J connectivity index is 2.44. The van der Waals surface area contributed by atoms with Crippen LogP contribution in [0.25, 0.3) is 0 Å². The molecular weight excluding hydrogens is 246 g/mol. The van der Waals surface area contributed by atoms with E-state index in [1.165, 1.54) is 0 Å². The van der Waals surface area contributed by atoms with Gasteiger partial charge in [0.25, 0.3) is 5.91 Å². The lowest BCUT2D eigenvalue weighted by atomic mass is 10.1. The lowest BCUT2D eigenvalue weighted by Gasteiger charge is -2.36. The number of anilines is 1. The van der Waals surface area contributed by atoms with Gasteiger partial charge in [0, 0.05) is 6.04 Å². The van der Waals surface area contributed by atoms with Crippen LogP contribution in [0.15, 0.2) is 18.2 Å². The number of benzene rings is 1. The molecule has 0 aliphatic carbocycles. The molecule has 0 saturated carbocycles. The van der Waals surface area contributed by atoms with Gasteiger partial charge < -0.3 is 14.7 Å². The van der Waals surface area contributed by atoms with Crippen LogP contribution >= 0.6 is 0 Å². The highest BCUT2D eigenvalue weighted by atomic mass is 16.5. The fraction of sp³-hybridized carbons (Fsp3) is 0.429. The Morgan fingerprint density at radius 3 is 2.74 bits per heavy atom. The highest BCUT2D eigenvalue weighted by Crippen LogP contribution is 2.36. The van der Waals surface area contributed by atoms with Crippen LogP contribution in [0.5, 0.6) is 5.75 Å². The highest BCUT2D eigenvalue weighted by Gasteiger charge is 2.36. The maximum absolute atomic E-state index is 12.3. The number of ether oxygens (including phenoxy) is 1. The molecule has 1 aliphatic rings. The minimum Gasteiger partial charge on any atom is -0.481 e. The monoisotopic (exact) mass is 263 g/mol. The van der Waals surface area contributed by atoms with Crippen molar-refractivity contribution < 1.29 is 19.4 Å². The average Bonchev–Trinajstić information content (AvgIpc) is 2.29. The molecule has 0 radical (unpaired) electrons. The van der Waals surface area contributed by atoms with Gasteiger partial charge in [-0.3, -0.25) is 9.59 Å². The van der Waals surface area contributed by atoms with Gasteiger partial charge in [0.2, 0.25) is 0 Å². The van der Waals surface area contributed by atoms with Gasteiger partial charge in [-0.25, -0.2) is 0 Å². The Hall–Kier alpha value is -2.04. The van der Waals surface area contributed by atoms with E-state index in [9.17, 15) is 9.59 Å². The number of carbonyl (C=O) groups excluding carboxylic acids is 1. The number of hydrogen-bond donors (Lipinski definition) is 1. The third-order valence-corrected chi connectivity index (χ3v) is 3.03. The first kappa shape index (κ1) is 13.4. The van der Waals surface area contributed by atoms with E-state index in [1.807, 2.05) is 32.9 Å². The molecular formula is C14H17NO4. The summed E-state index contributed by atoms with van der Waals surface area (Å²) in [5.41, 5.74) is 1.74. The number of nitrogens with zero attached hydrogens (tertiary/aromatic N) is 1. The van der Waals surface area contributed by atoms with E-state index >= 15 is 0 Å². The summed E-state index contributed by atoms with van der Waals surface area (Å²) in [6.45, 7) is 5.73. The van der Waals surface area contributed by atoms with Crippen molar-refractivity contribution in [1.82, 2.24) is 0 Å². The SMILES string of the molecule is Cc1ccc2c(c1)N(C(C)C)C(=O)C(CC(=O)O)O2. The predicted octanol–water partition coefficient (Wildman–Crippen LogP) is 1.97. The van der Waals surface area contributed by atoms with Crippen molar-refractivity contribution in [2.45, 2.75) is 39.3 Å². The molecule has 5 nitrogen and oxygen atoms in total. The number of amides is 1. The van der Waals surface area contributed by atoms with Gasteiger partial charge in [0.15, 0.2) is 6.10 Å². The molecule has 0 fully saturated rings. The first-order valence-corrected chi connectivity index (χ1v) is 6.22. The van der Waals surface area contributed by atoms with Gasteiger partial charge in [-0.05, 0) is 38.5 Å². The van der Waals surface area contributed by atoms with Gasteiger partial charge in [0.1, 0.15) is 5.75 Å². The zero-order valence-electron chi connectivity index (χ0n) is 11.2. The zero-order valence-corrected chi connectivity index (χ0v) is 11.2. The number of rotatable bonds is 3. The van der Waals surface area contributed by atoms with E-state index in [1.54, 1.807) is 11.0 Å². The third-order valence-electron chi connectivity index (χ3n) is 3.03. The van der Waals surface area contributed by atoms with E-state index in [2.05, 4.69) is 0 Å². The smallest absolute Gasteiger partial charge is 0.307 e. The molecule has 1 aromatic rings. The minimum atomic E-state index is -1.04. The fourth-order valence-electron chi connectivity index (χ4n) is 2.21. The standard InChI is InChI=1S/C14H17NO4/c1-8(2)15-10-6-9(3)4-5-11(10)19-12(14(15)18)7-13(16)17/h4-6,8,12H,7H2,1-3H3,(H,16,17). The maximum Gasteiger partial charge on any atom is 0.307 e. The maximum atomic E-state index is 12.3. The molecule has 1 heterocycles. The van der Waals surface area contributed by atoms with Crippen molar-refractivity contribution >= 4 is 17.6 Å². The second kappa shape index (κ2) is 4.91. The number of hydrogen-bond acceptors (Lipinski definition) is 3. The van der Waals surface area contributed by atoms with Crippen LogP contribution in [0.2, 0.25) is 0 Å². The molecule has 0 spiro atoms. The molecule has 102 valence electrons. The van der Waals surface area contributed by atoms with Gasteiger partial charge in [0.05, 0.1) is 12.1 Å². The minimum absolute atomic E-state index is 0.0479. The van der Waals surface area contributed by atoms with E-state index in [-0.39, 0.29) is 18.4 Å². The molecule has 19 heavy (non-hydrogen) atoms. The molecule has 0 aromatic heterocycles. The molecule has 5 heteroatoms. The highest BCUT2D eigenvalue weighted by molar-refractivity contribution is 6.02. The number of aliphatic carboxylic acids is 1. The summed E-state index contributed by atoms with van der Waals surface area (Å²) in [7, 11) is 0. The second-order valence-corrected chi connectivity index (χ2v) is 4.98. The summed E-state index contributed by atoms with van der Waals surface area (Å²) < 4.78 is 5.52. The van der Waals surface area contributed by atoms with Crippen LogP contribution in [0.3, 0.4) is 0 Å². The van der Waals surface area contributed by atoms with Gasteiger partial charge in [-0.2, -0.15) is 0 Å². The molecule has 1 aromatic carbocycles. The summed E-state index contributed by atoms with van der Waals surface area (Å²) in [6, 6.07) is 5.49. The second-order valence-electron chi connectivity index (χ2n) is 4.98. The van der Waals surface area contributed by atoms with Crippen LogP contribution in [-0.4, -0.2) is 29.1 Å². The van der Waals surface area contributed by atoms with E-state index in [0.717, 1.165) is 5.56 Å². The Bertz CT molecular complexity index is 524. The van der Waals surface area contributed by atoms with Crippen molar-refractivity contribution in [2.75, 3.05) is 4.90 Å². The van der Waals surface area contributed by atoms with Crippen LogP contribution in [0.1, 0.15) is 25.8 Å². The molecule has 0 bridgehead atoms. The molecule has 1 atom stereocenters. The van der Waals surface area contributed by atoms with Gasteiger partial charge in [-0.15, -0.1) is 0 Å². The normalized spacial score (nSPS) is 18.2. The summed E-state index contributed by atoms with van der Waals surface area (Å²) >= 11 is 0. The topological polar surface area (TPSA) is 66.8 Å². The molecule has 1 aliphatic heterocycles. The Kier molecular flexibility index (Phi) is 3.46. The Morgan fingerprint density at radius 1 is 1.47 bits per heavy atom. The van der Waals surface area contributed by atoms with E-state index in [4.69, 9.17) is 9.84 Å². The van der Waals surface area contributed by atoms with Crippen molar-refractivity contribution in [2.24, 2.45) is 0 Å². The number of aryl methyl sites for hydroxylation is 1. The van der Waals surface area contributed by atoms with Gasteiger partial charge >= 0.3 is 5.97 Å². The van der Waals surface area contributed by atoms with Crippen LogP contribution in [-0.2, 0) is 9.59 Å². The largest absolute Gasteiger partial charge is 0.481 e. The quantitative estimate of drug-likeness (QED) is 0.905. The van der Waals surface area contributed by atoms with Crippen molar-refractivity contribution in [3.05, 3.63) is 23.8 Å². The third kappa shape index (κ3) is 2.54. The fourth-order valence-corrected chi connectivity index (χ4v) is 2.21. The summed E-state index contributed by atoms with van der Waals surface area (Å²) in [5, 5.41) is 8.85. The van der Waals surface area contributed by atoms with Crippen LogP contribution < -0.4 is 9.64 Å². The molecule has 1 N–H and O–H groups in total. The molecule has 1 amide bonds. The Labute approximate surface area is 111 Å². The van der Waals surface area contributed by atoms with E-state index < -0.39 is 12.1 Å². The molecule has 0 saturated heterocycles. The first-order chi connectivity index (χ1) is 8.90. The molecule has 1 unspecified atom stereocenters. The Morgan fingerprint density at radius 2 is 2.16 bits per heavy atom. The lowest BCUT2D eigenvalue weighted by molar-refractivity contribution is -0.142. The summed E-state index contributed by atoms with van der Waals surface area (Å²) in [5.74, 6) is -0.779. The van der Waals surface area contributed by atoms with Crippen LogP contribution in [0.4, 0.5) is 5.69 Å². The first-order valence-electron chi connectivity index (χ1n) is 6.22. The predicted molar refractivity (Wildman–Crippen MR) is 70.5 cm³/mol. The number of fused-ring (bicyclic) bond motifs is 1. The van der Waals surface area contributed by atoms with Crippen molar-refractivity contribution in [3.63, 3.8) is 0 Å². The van der Waals surface area contributed by atoms with Crippen molar-refractivity contribution in [1.29, 1.82) is 0 Å². The summed E-state index contributed by atoms with van der Waals surface area (Å²) in [4.78, 5) is 24.7. The number of carboxylic acids is 1. The molecule has 2 rings (SSSR count). The van der Waals surface area contributed by atoms with Gasteiger partial charge in [-0.1, -0.05) is 6.07 Å². The van der Waals surface area contributed by atoms with E-state index in [0.29, 0.717) is 11.4 Å². The lowest BCUT2D eigenvalue weighted by Crippen LogP contribution is -2.49.